The first-order chi connectivity index (χ1) is 13.8. The van der Waals surface area contributed by atoms with Crippen LogP contribution in [0.2, 0.25) is 10.0 Å². The number of hydrogen-bond donors (Lipinski definition) is 1. The topological polar surface area (TPSA) is 81.9 Å². The molecule has 2 aromatic rings. The highest BCUT2D eigenvalue weighted by molar-refractivity contribution is 8.27. The van der Waals surface area contributed by atoms with Gasteiger partial charge in [0.1, 0.15) is 0 Å². The van der Waals surface area contributed by atoms with Gasteiger partial charge in [-0.3, -0.25) is 14.5 Å². The van der Waals surface area contributed by atoms with Crippen molar-refractivity contribution in [1.82, 2.24) is 0 Å². The zero-order valence-electron chi connectivity index (χ0n) is 15.0. The summed E-state index contributed by atoms with van der Waals surface area (Å²) in [5, 5.41) is 0.723. The fourth-order valence-corrected chi connectivity index (χ4v) is 4.10. The first-order valence-electron chi connectivity index (χ1n) is 8.12. The van der Waals surface area contributed by atoms with Crippen molar-refractivity contribution in [3.8, 4) is 11.5 Å². The van der Waals surface area contributed by atoms with Gasteiger partial charge in [0, 0.05) is 0 Å². The lowest BCUT2D eigenvalue weighted by molar-refractivity contribution is -0.120. The van der Waals surface area contributed by atoms with Crippen LogP contribution in [-0.2, 0) is 9.59 Å². The maximum Gasteiger partial charge on any atom is 0.270 e. The number of thiocarbonyl (C=S) groups is 1. The molecule has 3 rings (SSSR count). The number of halogens is 2. The number of nitrogens with zero attached hydrogens (tertiary/aromatic N) is 1. The van der Waals surface area contributed by atoms with Crippen LogP contribution in [0, 0.1) is 0 Å². The molecule has 0 radical (unpaired) electrons. The number of primary amides is 1. The molecule has 0 spiro atoms. The third kappa shape index (κ3) is 4.84. The molecule has 2 N–H and O–H groups in total. The van der Waals surface area contributed by atoms with Gasteiger partial charge in [-0.05, 0) is 42.0 Å². The van der Waals surface area contributed by atoms with Crippen LogP contribution in [0.1, 0.15) is 5.56 Å². The van der Waals surface area contributed by atoms with Gasteiger partial charge in [-0.25, -0.2) is 0 Å². The van der Waals surface area contributed by atoms with Crippen molar-refractivity contribution in [2.24, 2.45) is 5.73 Å². The molecule has 1 fully saturated rings. The Morgan fingerprint density at radius 2 is 1.97 bits per heavy atom. The molecule has 0 atom stereocenters. The summed E-state index contributed by atoms with van der Waals surface area (Å²) in [4.78, 5) is 25.6. The Balaban J connectivity index is 1.87. The van der Waals surface area contributed by atoms with Gasteiger partial charge < -0.3 is 15.2 Å². The average molecular weight is 469 g/mol. The minimum atomic E-state index is -0.595. The van der Waals surface area contributed by atoms with E-state index in [-0.39, 0.29) is 12.5 Å². The van der Waals surface area contributed by atoms with Crippen molar-refractivity contribution in [3.05, 3.63) is 56.9 Å². The summed E-state index contributed by atoms with van der Waals surface area (Å²) >= 11 is 18.5. The molecular formula is C19H14Cl2N2O4S2. The summed E-state index contributed by atoms with van der Waals surface area (Å²) in [5.74, 6) is -0.0970. The highest BCUT2D eigenvalue weighted by Gasteiger charge is 2.33. The Morgan fingerprint density at radius 3 is 2.62 bits per heavy atom. The van der Waals surface area contributed by atoms with E-state index in [0.717, 1.165) is 0 Å². The Bertz CT molecular complexity index is 1040. The van der Waals surface area contributed by atoms with Crippen molar-refractivity contribution in [1.29, 1.82) is 0 Å². The molecule has 0 bridgehead atoms. The highest BCUT2D eigenvalue weighted by atomic mass is 35.5. The lowest BCUT2D eigenvalue weighted by Gasteiger charge is -2.15. The number of amides is 2. The smallest absolute Gasteiger partial charge is 0.270 e. The summed E-state index contributed by atoms with van der Waals surface area (Å²) in [6.07, 6.45) is 1.69. The number of ether oxygens (including phenoxy) is 2. The van der Waals surface area contributed by atoms with Gasteiger partial charge in [-0.15, -0.1) is 0 Å². The van der Waals surface area contributed by atoms with Crippen molar-refractivity contribution in [3.63, 3.8) is 0 Å². The summed E-state index contributed by atoms with van der Waals surface area (Å²) in [6.45, 7) is -0.266. The molecule has 0 aromatic heterocycles. The van der Waals surface area contributed by atoms with Gasteiger partial charge in [0.25, 0.3) is 11.8 Å². The summed E-state index contributed by atoms with van der Waals surface area (Å²) < 4.78 is 11.0. The number of anilines is 1. The lowest BCUT2D eigenvalue weighted by Crippen LogP contribution is -2.27. The van der Waals surface area contributed by atoms with Crippen LogP contribution < -0.4 is 20.1 Å². The van der Waals surface area contributed by atoms with Gasteiger partial charge in [-0.2, -0.15) is 0 Å². The van der Waals surface area contributed by atoms with Crippen LogP contribution in [0.5, 0.6) is 11.5 Å². The molecule has 2 aromatic carbocycles. The molecular weight excluding hydrogens is 455 g/mol. The van der Waals surface area contributed by atoms with E-state index in [4.69, 9.17) is 50.6 Å². The van der Waals surface area contributed by atoms with Gasteiger partial charge in [0.15, 0.2) is 22.4 Å². The number of carbonyl (C=O) groups excluding carboxylic acids is 2. The molecule has 2 amide bonds. The predicted octanol–water partition coefficient (Wildman–Crippen LogP) is 4.27. The van der Waals surface area contributed by atoms with E-state index in [1.807, 2.05) is 0 Å². The van der Waals surface area contributed by atoms with Gasteiger partial charge >= 0.3 is 0 Å². The second-order valence-corrected chi connectivity index (χ2v) is 8.27. The maximum absolute atomic E-state index is 12.9. The van der Waals surface area contributed by atoms with E-state index in [1.54, 1.807) is 42.5 Å². The second kappa shape index (κ2) is 9.04. The molecule has 0 saturated carbocycles. The molecule has 1 saturated heterocycles. The van der Waals surface area contributed by atoms with Crippen LogP contribution in [0.3, 0.4) is 0 Å². The van der Waals surface area contributed by atoms with Gasteiger partial charge in [0.2, 0.25) is 0 Å². The molecule has 10 heteroatoms. The predicted molar refractivity (Wildman–Crippen MR) is 120 cm³/mol. The monoisotopic (exact) mass is 468 g/mol. The third-order valence-electron chi connectivity index (χ3n) is 3.81. The number of carbonyl (C=O) groups is 2. The Hall–Kier alpha value is -2.26. The SMILES string of the molecule is COc1cc(/C=C2\SC(=S)N(c3ccc(Cl)c(Cl)c3)C2=O)ccc1OCC(N)=O. The summed E-state index contributed by atoms with van der Waals surface area (Å²) in [5.41, 5.74) is 6.33. The molecule has 150 valence electrons. The van der Waals surface area contributed by atoms with E-state index in [0.29, 0.717) is 42.0 Å². The third-order valence-corrected chi connectivity index (χ3v) is 5.85. The largest absolute Gasteiger partial charge is 0.493 e. The Morgan fingerprint density at radius 1 is 1.21 bits per heavy atom. The highest BCUT2D eigenvalue weighted by Crippen LogP contribution is 2.38. The van der Waals surface area contributed by atoms with Crippen molar-refractivity contribution < 1.29 is 19.1 Å². The van der Waals surface area contributed by atoms with Crippen LogP contribution in [0.25, 0.3) is 6.08 Å². The first kappa shape index (κ1) is 21.4. The Kier molecular flexibility index (Phi) is 6.69. The van der Waals surface area contributed by atoms with E-state index in [2.05, 4.69) is 0 Å². The van der Waals surface area contributed by atoms with E-state index in [9.17, 15) is 9.59 Å². The van der Waals surface area contributed by atoms with Crippen LogP contribution in [-0.4, -0.2) is 29.9 Å². The molecule has 29 heavy (non-hydrogen) atoms. The number of benzene rings is 2. The van der Waals surface area contributed by atoms with Gasteiger partial charge in [-0.1, -0.05) is 53.2 Å². The molecule has 6 nitrogen and oxygen atoms in total. The number of nitrogens with two attached hydrogens (primary N) is 1. The zero-order chi connectivity index (χ0) is 21.1. The van der Waals surface area contributed by atoms with Gasteiger partial charge in [0.05, 0.1) is 27.7 Å². The zero-order valence-corrected chi connectivity index (χ0v) is 18.1. The number of thioether (sulfide) groups is 1. The standard InChI is InChI=1S/C19H14Cl2N2O4S2/c1-26-15-6-10(2-5-14(15)27-9-17(22)24)7-16-18(25)23(19(28)29-16)11-3-4-12(20)13(21)8-11/h2-8H,9H2,1H3,(H2,22,24)/b16-7-. The van der Waals surface area contributed by atoms with Crippen LogP contribution >= 0.6 is 47.2 Å². The summed E-state index contributed by atoms with van der Waals surface area (Å²) in [7, 11) is 1.47. The minimum absolute atomic E-state index is 0.266. The first-order valence-corrected chi connectivity index (χ1v) is 10.1. The van der Waals surface area contributed by atoms with Crippen LogP contribution in [0.15, 0.2) is 41.3 Å². The molecule has 1 aliphatic heterocycles. The molecule has 1 aliphatic rings. The quantitative estimate of drug-likeness (QED) is 0.503. The fourth-order valence-electron chi connectivity index (χ4n) is 2.51. The van der Waals surface area contributed by atoms with Crippen molar-refractivity contribution in [2.45, 2.75) is 0 Å². The Labute approximate surface area is 186 Å². The fraction of sp³-hybridized carbons (Fsp3) is 0.105. The minimum Gasteiger partial charge on any atom is -0.493 e. The molecule has 0 aliphatic carbocycles. The van der Waals surface area contributed by atoms with Crippen molar-refractivity contribution in [2.75, 3.05) is 18.6 Å². The summed E-state index contributed by atoms with van der Waals surface area (Å²) in [6, 6.07) is 9.92. The van der Waals surface area contributed by atoms with E-state index in [1.165, 1.54) is 23.8 Å². The lowest BCUT2D eigenvalue weighted by atomic mass is 10.2. The van der Waals surface area contributed by atoms with E-state index < -0.39 is 5.91 Å². The van der Waals surface area contributed by atoms with Crippen LogP contribution in [0.4, 0.5) is 5.69 Å². The van der Waals surface area contributed by atoms with E-state index >= 15 is 0 Å². The molecule has 1 heterocycles. The molecule has 0 unspecified atom stereocenters. The number of methoxy groups -OCH3 is 1. The normalized spacial score (nSPS) is 15.1. The number of hydrogen-bond acceptors (Lipinski definition) is 6. The van der Waals surface area contributed by atoms with Crippen molar-refractivity contribution >= 4 is 75.1 Å². The average Bonchev–Trinajstić information content (AvgIpc) is 2.96. The maximum atomic E-state index is 12.9. The second-order valence-electron chi connectivity index (χ2n) is 5.78. The number of rotatable bonds is 6.